The quantitative estimate of drug-likeness (QED) is 0.817. The van der Waals surface area contributed by atoms with Crippen molar-refractivity contribution in [3.8, 4) is 5.75 Å². The third-order valence-electron chi connectivity index (χ3n) is 4.71. The predicted molar refractivity (Wildman–Crippen MR) is 88.4 cm³/mol. The second-order valence-electron chi connectivity index (χ2n) is 6.61. The first-order valence-corrected chi connectivity index (χ1v) is 8.26. The number of nitrogens with zero attached hydrogens (tertiary/aromatic N) is 1. The highest BCUT2D eigenvalue weighted by Gasteiger charge is 2.27. The maximum atomic E-state index is 5.85. The lowest BCUT2D eigenvalue weighted by Crippen LogP contribution is -2.46. The number of hydrogen-bond acceptors (Lipinski definition) is 3. The average Bonchev–Trinajstić information content (AvgIpc) is 2.48. The predicted octanol–water partition coefficient (Wildman–Crippen LogP) is 3.28. The van der Waals surface area contributed by atoms with Gasteiger partial charge in [-0.3, -0.25) is 0 Å². The zero-order chi connectivity index (χ0) is 15.2. The largest absolute Gasteiger partial charge is 0.494 e. The van der Waals surface area contributed by atoms with Crippen molar-refractivity contribution in [1.29, 1.82) is 0 Å². The molecular formula is C18H30N2O. The molecule has 1 fully saturated rings. The van der Waals surface area contributed by atoms with Gasteiger partial charge in [0.05, 0.1) is 6.61 Å². The Labute approximate surface area is 129 Å². The minimum Gasteiger partial charge on any atom is -0.494 e. The van der Waals surface area contributed by atoms with Crippen LogP contribution in [0.5, 0.6) is 5.75 Å². The van der Waals surface area contributed by atoms with Gasteiger partial charge in [0.2, 0.25) is 0 Å². The van der Waals surface area contributed by atoms with Crippen molar-refractivity contribution in [2.24, 2.45) is 17.6 Å². The van der Waals surface area contributed by atoms with Gasteiger partial charge < -0.3 is 15.4 Å². The second kappa shape index (κ2) is 7.81. The first-order chi connectivity index (χ1) is 10.1. The van der Waals surface area contributed by atoms with E-state index in [4.69, 9.17) is 10.5 Å². The number of nitrogens with two attached hydrogens (primary N) is 1. The molecule has 0 saturated carbocycles. The van der Waals surface area contributed by atoms with Crippen LogP contribution in [0.25, 0.3) is 0 Å². The molecule has 3 nitrogen and oxygen atoms in total. The number of ether oxygens (including phenoxy) is 1. The van der Waals surface area contributed by atoms with Crippen LogP contribution >= 0.6 is 0 Å². The van der Waals surface area contributed by atoms with Crippen LogP contribution in [0.3, 0.4) is 0 Å². The summed E-state index contributed by atoms with van der Waals surface area (Å²) in [6.07, 6.45) is 2.44. The summed E-state index contributed by atoms with van der Waals surface area (Å²) in [4.78, 5) is 2.62. The standard InChI is InChI=1S/C18H30N2O/c1-14-10-15(2)16(3)20(13-14)8-5-9-21-18-7-4-6-17(11-18)12-19/h4,6-7,11,14-16H,5,8-10,12-13,19H2,1-3H3. The fourth-order valence-corrected chi connectivity index (χ4v) is 3.35. The Balaban J connectivity index is 1.73. The fraction of sp³-hybridized carbons (Fsp3) is 0.667. The molecule has 0 aliphatic carbocycles. The zero-order valence-electron chi connectivity index (χ0n) is 13.7. The van der Waals surface area contributed by atoms with Crippen molar-refractivity contribution >= 4 is 0 Å². The summed E-state index contributed by atoms with van der Waals surface area (Å²) in [6, 6.07) is 8.78. The van der Waals surface area contributed by atoms with Crippen LogP contribution in [-0.4, -0.2) is 30.6 Å². The SMILES string of the molecule is CC1CC(C)C(C)N(CCCOc2cccc(CN)c2)C1. The number of hydrogen-bond donors (Lipinski definition) is 1. The Hall–Kier alpha value is -1.06. The molecule has 1 heterocycles. The van der Waals surface area contributed by atoms with Gasteiger partial charge in [-0.25, -0.2) is 0 Å². The van der Waals surface area contributed by atoms with Crippen molar-refractivity contribution in [2.45, 2.75) is 46.2 Å². The molecule has 1 aliphatic heterocycles. The number of benzene rings is 1. The highest BCUT2D eigenvalue weighted by Crippen LogP contribution is 2.26. The van der Waals surface area contributed by atoms with E-state index in [1.807, 2.05) is 24.3 Å². The molecule has 21 heavy (non-hydrogen) atoms. The minimum absolute atomic E-state index is 0.568. The van der Waals surface area contributed by atoms with Crippen LogP contribution in [-0.2, 0) is 6.54 Å². The molecule has 1 saturated heterocycles. The fourth-order valence-electron chi connectivity index (χ4n) is 3.35. The highest BCUT2D eigenvalue weighted by molar-refractivity contribution is 5.28. The normalized spacial score (nSPS) is 26.8. The van der Waals surface area contributed by atoms with Gasteiger partial charge in [-0.15, -0.1) is 0 Å². The maximum Gasteiger partial charge on any atom is 0.119 e. The molecule has 2 N–H and O–H groups in total. The molecule has 1 aromatic carbocycles. The van der Waals surface area contributed by atoms with E-state index in [1.54, 1.807) is 0 Å². The summed E-state index contributed by atoms with van der Waals surface area (Å²) in [5.74, 6) is 2.56. The van der Waals surface area contributed by atoms with Gasteiger partial charge in [0.1, 0.15) is 5.75 Å². The molecule has 1 aliphatic rings. The van der Waals surface area contributed by atoms with Crippen LogP contribution < -0.4 is 10.5 Å². The van der Waals surface area contributed by atoms with Crippen LogP contribution in [0.1, 0.15) is 39.2 Å². The molecule has 2 rings (SSSR count). The van der Waals surface area contributed by atoms with Gasteiger partial charge in [-0.1, -0.05) is 26.0 Å². The average molecular weight is 290 g/mol. The molecule has 1 aromatic rings. The van der Waals surface area contributed by atoms with Crippen molar-refractivity contribution in [1.82, 2.24) is 4.90 Å². The molecule has 0 amide bonds. The Morgan fingerprint density at radius 1 is 1.29 bits per heavy atom. The van der Waals surface area contributed by atoms with Gasteiger partial charge in [0.25, 0.3) is 0 Å². The van der Waals surface area contributed by atoms with Gasteiger partial charge in [0.15, 0.2) is 0 Å². The molecule has 0 bridgehead atoms. The molecule has 0 radical (unpaired) electrons. The molecule has 0 aromatic heterocycles. The molecule has 0 spiro atoms. The van der Waals surface area contributed by atoms with Crippen molar-refractivity contribution < 1.29 is 4.74 Å². The van der Waals surface area contributed by atoms with E-state index in [1.165, 1.54) is 13.0 Å². The van der Waals surface area contributed by atoms with Gasteiger partial charge in [0, 0.05) is 25.7 Å². The lowest BCUT2D eigenvalue weighted by atomic mass is 9.86. The van der Waals surface area contributed by atoms with Crippen LogP contribution in [0.4, 0.5) is 0 Å². The molecular weight excluding hydrogens is 260 g/mol. The smallest absolute Gasteiger partial charge is 0.119 e. The van der Waals surface area contributed by atoms with Crippen molar-refractivity contribution in [2.75, 3.05) is 19.7 Å². The van der Waals surface area contributed by atoms with E-state index in [0.717, 1.165) is 42.7 Å². The summed E-state index contributed by atoms with van der Waals surface area (Å²) < 4.78 is 5.85. The summed E-state index contributed by atoms with van der Waals surface area (Å²) in [5, 5.41) is 0. The molecule has 3 atom stereocenters. The monoisotopic (exact) mass is 290 g/mol. The lowest BCUT2D eigenvalue weighted by Gasteiger charge is -2.41. The van der Waals surface area contributed by atoms with Gasteiger partial charge in [-0.2, -0.15) is 0 Å². The topological polar surface area (TPSA) is 38.5 Å². The zero-order valence-corrected chi connectivity index (χ0v) is 13.7. The summed E-state index contributed by atoms with van der Waals surface area (Å²) in [6.45, 7) is 10.8. The van der Waals surface area contributed by atoms with Crippen LogP contribution in [0, 0.1) is 11.8 Å². The summed E-state index contributed by atoms with van der Waals surface area (Å²) in [5.41, 5.74) is 6.77. The maximum absolute atomic E-state index is 5.85. The van der Waals surface area contributed by atoms with Gasteiger partial charge in [-0.05, 0) is 49.3 Å². The van der Waals surface area contributed by atoms with E-state index < -0.39 is 0 Å². The van der Waals surface area contributed by atoms with Crippen LogP contribution in [0.15, 0.2) is 24.3 Å². The lowest BCUT2D eigenvalue weighted by molar-refractivity contribution is 0.0746. The first-order valence-electron chi connectivity index (χ1n) is 8.26. The highest BCUT2D eigenvalue weighted by atomic mass is 16.5. The Morgan fingerprint density at radius 3 is 2.86 bits per heavy atom. The Kier molecular flexibility index (Phi) is 6.07. The van der Waals surface area contributed by atoms with E-state index in [2.05, 4.69) is 25.7 Å². The number of rotatable bonds is 6. The third-order valence-corrected chi connectivity index (χ3v) is 4.71. The van der Waals surface area contributed by atoms with Crippen LogP contribution in [0.2, 0.25) is 0 Å². The van der Waals surface area contributed by atoms with E-state index in [-0.39, 0.29) is 0 Å². The third kappa shape index (κ3) is 4.72. The van der Waals surface area contributed by atoms with E-state index >= 15 is 0 Å². The van der Waals surface area contributed by atoms with E-state index in [9.17, 15) is 0 Å². The minimum atomic E-state index is 0.568. The second-order valence-corrected chi connectivity index (χ2v) is 6.61. The summed E-state index contributed by atoms with van der Waals surface area (Å²) >= 11 is 0. The first kappa shape index (κ1) is 16.3. The van der Waals surface area contributed by atoms with Gasteiger partial charge >= 0.3 is 0 Å². The molecule has 118 valence electrons. The summed E-state index contributed by atoms with van der Waals surface area (Å²) in [7, 11) is 0. The number of likely N-dealkylation sites (tertiary alicyclic amines) is 1. The Bertz CT molecular complexity index is 435. The molecule has 3 heteroatoms. The number of piperidine rings is 1. The Morgan fingerprint density at radius 2 is 2.10 bits per heavy atom. The molecule has 3 unspecified atom stereocenters. The van der Waals surface area contributed by atoms with E-state index in [0.29, 0.717) is 12.6 Å². The van der Waals surface area contributed by atoms with Crippen molar-refractivity contribution in [3.05, 3.63) is 29.8 Å². The van der Waals surface area contributed by atoms with Crippen molar-refractivity contribution in [3.63, 3.8) is 0 Å².